The number of carbonyl (C=O) groups is 1. The minimum Gasteiger partial charge on any atom is -0.512 e. The fourth-order valence-electron chi connectivity index (χ4n) is 3.47. The lowest BCUT2D eigenvalue weighted by Gasteiger charge is -2.29. The minimum atomic E-state index is -0.362. The number of hydrogen-bond acceptors (Lipinski definition) is 5. The van der Waals surface area contributed by atoms with Crippen molar-refractivity contribution >= 4 is 22.9 Å². The zero-order chi connectivity index (χ0) is 18.3. The highest BCUT2D eigenvalue weighted by atomic mass is 16.5. The van der Waals surface area contributed by atoms with Crippen molar-refractivity contribution in [1.29, 1.82) is 0 Å². The topological polar surface area (TPSA) is 82.0 Å². The van der Waals surface area contributed by atoms with Gasteiger partial charge in [0.2, 0.25) is 0 Å². The Kier molecular flexibility index (Phi) is 4.05. The van der Waals surface area contributed by atoms with Crippen molar-refractivity contribution < 1.29 is 19.7 Å². The molecule has 0 spiro atoms. The van der Waals surface area contributed by atoms with Gasteiger partial charge >= 0.3 is 0 Å². The maximum absolute atomic E-state index is 12.0. The van der Waals surface area contributed by atoms with Crippen molar-refractivity contribution in [2.75, 3.05) is 36.5 Å². The molecule has 6 nitrogen and oxygen atoms in total. The molecule has 2 aliphatic rings. The number of phenolic OH excluding ortho intramolecular Hbond substituents is 1. The highest BCUT2D eigenvalue weighted by molar-refractivity contribution is 6.32. The predicted octanol–water partition coefficient (Wildman–Crippen LogP) is 3.14. The fraction of sp³-hybridized carbons (Fsp3) is 0.250. The van der Waals surface area contributed by atoms with Gasteiger partial charge in [-0.25, -0.2) is 0 Å². The lowest BCUT2D eigenvalue weighted by molar-refractivity contribution is -0.110. The zero-order valence-corrected chi connectivity index (χ0v) is 14.5. The summed E-state index contributed by atoms with van der Waals surface area (Å²) in [6.07, 6.45) is 0. The first-order valence-electron chi connectivity index (χ1n) is 8.56. The second-order valence-corrected chi connectivity index (χ2v) is 6.48. The monoisotopic (exact) mass is 352 g/mol. The Morgan fingerprint density at radius 1 is 1.12 bits per heavy atom. The van der Waals surface area contributed by atoms with Gasteiger partial charge in [-0.3, -0.25) is 4.79 Å². The number of aliphatic hydroxyl groups excluding tert-OH is 1. The van der Waals surface area contributed by atoms with Crippen LogP contribution >= 0.6 is 0 Å². The van der Waals surface area contributed by atoms with Crippen LogP contribution in [0.15, 0.2) is 42.2 Å². The van der Waals surface area contributed by atoms with Crippen LogP contribution in [0.5, 0.6) is 5.75 Å². The van der Waals surface area contributed by atoms with Gasteiger partial charge in [0, 0.05) is 36.0 Å². The average molecular weight is 352 g/mol. The molecule has 3 N–H and O–H groups in total. The van der Waals surface area contributed by atoms with Crippen LogP contribution < -0.4 is 10.2 Å². The van der Waals surface area contributed by atoms with E-state index in [1.807, 2.05) is 24.3 Å². The molecule has 0 unspecified atom stereocenters. The summed E-state index contributed by atoms with van der Waals surface area (Å²) in [7, 11) is 0. The van der Waals surface area contributed by atoms with Crippen molar-refractivity contribution in [2.24, 2.45) is 0 Å². The van der Waals surface area contributed by atoms with E-state index in [1.165, 1.54) is 13.0 Å². The molecule has 1 amide bonds. The molecule has 2 aromatic carbocycles. The van der Waals surface area contributed by atoms with E-state index >= 15 is 0 Å². The third-order valence-electron chi connectivity index (χ3n) is 4.80. The Balaban J connectivity index is 1.70. The number of anilines is 2. The number of morpholine rings is 1. The summed E-state index contributed by atoms with van der Waals surface area (Å²) in [5.74, 6) is -0.320. The standard InChI is InChI=1S/C20H20N2O4/c1-12(23)19-16-10-15(18(24)11-17(16)21-20(19)25)13-2-4-14(5-3-13)22-6-8-26-9-7-22/h2-5,10-11,23-24H,6-9H2,1H3,(H,21,25)/b19-12+. The number of carbonyl (C=O) groups excluding carboxylic acids is 1. The van der Waals surface area contributed by atoms with Gasteiger partial charge in [-0.1, -0.05) is 12.1 Å². The summed E-state index contributed by atoms with van der Waals surface area (Å²) >= 11 is 0. The van der Waals surface area contributed by atoms with Gasteiger partial charge in [0.1, 0.15) is 11.5 Å². The normalized spacial score (nSPS) is 18.5. The smallest absolute Gasteiger partial charge is 0.259 e. The summed E-state index contributed by atoms with van der Waals surface area (Å²) in [4.78, 5) is 14.3. The number of aliphatic hydroxyl groups is 1. The number of fused-ring (bicyclic) bond motifs is 1. The third-order valence-corrected chi connectivity index (χ3v) is 4.80. The Morgan fingerprint density at radius 3 is 2.46 bits per heavy atom. The minimum absolute atomic E-state index is 0.0412. The predicted molar refractivity (Wildman–Crippen MR) is 100 cm³/mol. The van der Waals surface area contributed by atoms with Crippen LogP contribution in [0.2, 0.25) is 0 Å². The number of amides is 1. The first-order chi connectivity index (χ1) is 12.5. The Hall–Kier alpha value is -2.99. The maximum atomic E-state index is 12.0. The van der Waals surface area contributed by atoms with Gasteiger partial charge in [-0.2, -0.15) is 0 Å². The first-order valence-corrected chi connectivity index (χ1v) is 8.56. The first kappa shape index (κ1) is 16.5. The fourth-order valence-corrected chi connectivity index (χ4v) is 3.47. The van der Waals surface area contributed by atoms with E-state index < -0.39 is 0 Å². The highest BCUT2D eigenvalue weighted by Gasteiger charge is 2.28. The Morgan fingerprint density at radius 2 is 1.81 bits per heavy atom. The highest BCUT2D eigenvalue weighted by Crippen LogP contribution is 2.41. The lowest BCUT2D eigenvalue weighted by Crippen LogP contribution is -2.36. The molecule has 1 saturated heterocycles. The van der Waals surface area contributed by atoms with Gasteiger partial charge in [0.15, 0.2) is 0 Å². The number of aromatic hydroxyl groups is 1. The molecule has 134 valence electrons. The lowest BCUT2D eigenvalue weighted by atomic mass is 9.97. The molecule has 0 bridgehead atoms. The molecule has 0 saturated carbocycles. The van der Waals surface area contributed by atoms with E-state index in [1.54, 1.807) is 6.07 Å². The van der Waals surface area contributed by atoms with Gasteiger partial charge in [-0.15, -0.1) is 0 Å². The molecule has 26 heavy (non-hydrogen) atoms. The number of allylic oxidation sites excluding steroid dienone is 1. The van der Waals surface area contributed by atoms with E-state index in [0.717, 1.165) is 37.6 Å². The van der Waals surface area contributed by atoms with Crippen molar-refractivity contribution in [3.05, 3.63) is 47.7 Å². The summed E-state index contributed by atoms with van der Waals surface area (Å²) < 4.78 is 5.38. The van der Waals surface area contributed by atoms with Gasteiger partial charge in [0.05, 0.1) is 24.5 Å². The SMILES string of the molecule is C/C(O)=C1\C(=O)Nc2cc(O)c(-c3ccc(N4CCOCC4)cc3)cc21. The largest absolute Gasteiger partial charge is 0.512 e. The number of nitrogens with zero attached hydrogens (tertiary/aromatic N) is 1. The molecule has 0 radical (unpaired) electrons. The van der Waals surface area contributed by atoms with Crippen LogP contribution in [-0.4, -0.2) is 42.4 Å². The molecule has 2 aliphatic heterocycles. The van der Waals surface area contributed by atoms with Crippen molar-refractivity contribution in [3.8, 4) is 16.9 Å². The molecule has 6 heteroatoms. The number of rotatable bonds is 2. The Labute approximate surface area is 151 Å². The van der Waals surface area contributed by atoms with Gasteiger partial charge in [-0.05, 0) is 30.7 Å². The van der Waals surface area contributed by atoms with Crippen molar-refractivity contribution in [1.82, 2.24) is 0 Å². The second kappa shape index (κ2) is 6.38. The summed E-state index contributed by atoms with van der Waals surface area (Å²) in [6, 6.07) is 11.2. The maximum Gasteiger partial charge on any atom is 0.259 e. The van der Waals surface area contributed by atoms with Crippen LogP contribution in [0.25, 0.3) is 16.7 Å². The zero-order valence-electron chi connectivity index (χ0n) is 14.5. The Bertz CT molecular complexity index is 893. The van der Waals surface area contributed by atoms with Gasteiger partial charge in [0.25, 0.3) is 5.91 Å². The van der Waals surface area contributed by atoms with Crippen LogP contribution in [0, 0.1) is 0 Å². The average Bonchev–Trinajstić information content (AvgIpc) is 2.96. The molecule has 2 aromatic rings. The third kappa shape index (κ3) is 2.78. The second-order valence-electron chi connectivity index (χ2n) is 6.48. The molecule has 1 fully saturated rings. The van der Waals surface area contributed by atoms with E-state index in [4.69, 9.17) is 4.74 Å². The summed E-state index contributed by atoms with van der Waals surface area (Å²) in [5.41, 5.74) is 3.92. The molecule has 0 aromatic heterocycles. The number of phenols is 1. The number of hydrogen-bond donors (Lipinski definition) is 3. The molecular weight excluding hydrogens is 332 g/mol. The van der Waals surface area contributed by atoms with Crippen LogP contribution in [0.4, 0.5) is 11.4 Å². The van der Waals surface area contributed by atoms with Crippen molar-refractivity contribution in [3.63, 3.8) is 0 Å². The molecule has 2 heterocycles. The number of ether oxygens (including phenoxy) is 1. The number of benzene rings is 2. The van der Waals surface area contributed by atoms with Crippen molar-refractivity contribution in [2.45, 2.75) is 6.92 Å². The van der Waals surface area contributed by atoms with Crippen LogP contribution in [0.3, 0.4) is 0 Å². The van der Waals surface area contributed by atoms with E-state index in [9.17, 15) is 15.0 Å². The van der Waals surface area contributed by atoms with E-state index in [-0.39, 0.29) is 23.0 Å². The van der Waals surface area contributed by atoms with Gasteiger partial charge < -0.3 is 25.2 Å². The quantitative estimate of drug-likeness (QED) is 0.571. The molecule has 4 rings (SSSR count). The molecule has 0 aliphatic carbocycles. The molecule has 0 atom stereocenters. The van der Waals surface area contributed by atoms with E-state index in [2.05, 4.69) is 10.2 Å². The summed E-state index contributed by atoms with van der Waals surface area (Å²) in [5, 5.41) is 22.9. The summed E-state index contributed by atoms with van der Waals surface area (Å²) in [6.45, 7) is 4.66. The number of nitrogens with one attached hydrogen (secondary N) is 1. The van der Waals surface area contributed by atoms with E-state index in [0.29, 0.717) is 16.8 Å². The van der Waals surface area contributed by atoms with Crippen LogP contribution in [0.1, 0.15) is 12.5 Å². The van der Waals surface area contributed by atoms with Crippen LogP contribution in [-0.2, 0) is 9.53 Å². The molecular formula is C20H20N2O4.